The van der Waals surface area contributed by atoms with E-state index >= 15 is 0 Å². The lowest BCUT2D eigenvalue weighted by Gasteiger charge is -2.45. The van der Waals surface area contributed by atoms with Gasteiger partial charge in [0.25, 0.3) is 0 Å². The molecule has 14 nitrogen and oxygen atoms in total. The highest BCUT2D eigenvalue weighted by Gasteiger charge is 2.51. The molecular formula is C33H47NO13. The van der Waals surface area contributed by atoms with Crippen LogP contribution in [-0.4, -0.2) is 122 Å². The molecule has 2 unspecified atom stereocenters. The molecule has 0 spiro atoms. The van der Waals surface area contributed by atoms with Crippen LogP contribution in [0, 0.1) is 5.92 Å². The van der Waals surface area contributed by atoms with Crippen LogP contribution in [0.2, 0.25) is 0 Å². The zero-order chi connectivity index (χ0) is 34.3. The number of hydrogen-bond acceptors (Lipinski definition) is 13. The number of ether oxygens (including phenoxy) is 5. The van der Waals surface area contributed by atoms with E-state index in [0.717, 1.165) is 0 Å². The summed E-state index contributed by atoms with van der Waals surface area (Å²) in [5.41, 5.74) is 5.98. The Morgan fingerprint density at radius 3 is 2.36 bits per heavy atom. The number of esters is 1. The Morgan fingerprint density at radius 1 is 0.936 bits per heavy atom. The van der Waals surface area contributed by atoms with E-state index in [2.05, 4.69) is 0 Å². The SMILES string of the molecule is CC1O[C@@H](O[C@H]2C=CC=CC=CC=CC[C@@H](C)OC(=O)C=C[C@H]3O[C@@H]3C[C@H](O)C[C@]3(O)C[C@H](O)[C@@H](C(=O)O)[C@H](C2)O3)C(O)[C@H](N)[C@@H]1O. The van der Waals surface area contributed by atoms with Crippen molar-refractivity contribution < 1.29 is 63.9 Å². The normalized spacial score (nSPS) is 43.8. The number of hydrogen-bond donors (Lipinski definition) is 7. The Balaban J connectivity index is 1.58. The van der Waals surface area contributed by atoms with Gasteiger partial charge in [0, 0.05) is 38.2 Å². The third kappa shape index (κ3) is 10.6. The second kappa shape index (κ2) is 16.6. The predicted octanol–water partition coefficient (Wildman–Crippen LogP) is 0.120. The Labute approximate surface area is 273 Å². The maximum Gasteiger partial charge on any atom is 0.330 e. The quantitative estimate of drug-likeness (QED) is 0.157. The monoisotopic (exact) mass is 665 g/mol. The zero-order valence-corrected chi connectivity index (χ0v) is 26.4. The second-order valence-corrected chi connectivity index (χ2v) is 12.6. The van der Waals surface area contributed by atoms with Crippen molar-refractivity contribution in [3.63, 3.8) is 0 Å². The molecule has 14 heteroatoms. The van der Waals surface area contributed by atoms with E-state index in [4.69, 9.17) is 29.4 Å². The molecule has 4 aliphatic heterocycles. The number of cyclic esters (lactones) is 1. The predicted molar refractivity (Wildman–Crippen MR) is 165 cm³/mol. The topological polar surface area (TPSA) is 231 Å². The van der Waals surface area contributed by atoms with Crippen molar-refractivity contribution in [3.05, 3.63) is 60.8 Å². The molecule has 47 heavy (non-hydrogen) atoms. The van der Waals surface area contributed by atoms with Crippen molar-refractivity contribution in [2.45, 2.75) is 125 Å². The van der Waals surface area contributed by atoms with Crippen LogP contribution < -0.4 is 5.73 Å². The first-order valence-corrected chi connectivity index (χ1v) is 15.9. The summed E-state index contributed by atoms with van der Waals surface area (Å²) in [6.07, 6.45) is 5.25. The average Bonchev–Trinajstić information content (AvgIpc) is 3.72. The fourth-order valence-corrected chi connectivity index (χ4v) is 6.00. The van der Waals surface area contributed by atoms with Crippen LogP contribution in [0.5, 0.6) is 0 Å². The largest absolute Gasteiger partial charge is 0.481 e. The van der Waals surface area contributed by atoms with Crippen molar-refractivity contribution in [2.75, 3.05) is 0 Å². The standard InChI is InChI=1S/C33H47NO13/c1-18-10-8-6-4-3-5-7-9-11-21(45-32-30(39)28(34)29(38)19(2)44-32)15-25-27(31(40)41)22(36)17-33(42,47-25)16-20(35)14-24-23(46-24)12-13-26(37)43-18/h3-9,11-13,18-25,27-30,32,35-36,38-39,42H,10,14-17,34H2,1-2H3,(H,40,41)/t18-,19?,20+,21+,22+,23-,24-,25+,27-,28-,29-,30?,32+,33-/m1/s1. The van der Waals surface area contributed by atoms with Crippen LogP contribution in [-0.2, 0) is 33.3 Å². The molecule has 0 radical (unpaired) electrons. The van der Waals surface area contributed by atoms with E-state index in [-0.39, 0.29) is 25.4 Å². The highest BCUT2D eigenvalue weighted by atomic mass is 16.7. The van der Waals surface area contributed by atoms with Gasteiger partial charge in [-0.25, -0.2) is 4.79 Å². The number of allylic oxidation sites excluding steroid dienone is 6. The van der Waals surface area contributed by atoms with Gasteiger partial charge in [-0.1, -0.05) is 48.6 Å². The van der Waals surface area contributed by atoms with Crippen LogP contribution in [0.1, 0.15) is 46.0 Å². The van der Waals surface area contributed by atoms with E-state index < -0.39 is 97.3 Å². The van der Waals surface area contributed by atoms with Crippen molar-refractivity contribution in [2.24, 2.45) is 11.7 Å². The van der Waals surface area contributed by atoms with Crippen LogP contribution in [0.15, 0.2) is 60.8 Å². The third-order valence-electron chi connectivity index (χ3n) is 8.58. The van der Waals surface area contributed by atoms with Gasteiger partial charge in [-0.3, -0.25) is 4.79 Å². The number of epoxide rings is 1. The van der Waals surface area contributed by atoms with Gasteiger partial charge in [-0.2, -0.15) is 0 Å². The van der Waals surface area contributed by atoms with Crippen molar-refractivity contribution in [1.29, 1.82) is 0 Å². The third-order valence-corrected chi connectivity index (χ3v) is 8.58. The number of aliphatic hydroxyl groups is 5. The molecule has 0 aromatic rings. The zero-order valence-electron chi connectivity index (χ0n) is 26.4. The highest BCUT2D eigenvalue weighted by Crippen LogP contribution is 2.39. The lowest BCUT2D eigenvalue weighted by molar-refractivity contribution is -0.308. The second-order valence-electron chi connectivity index (χ2n) is 12.6. The summed E-state index contributed by atoms with van der Waals surface area (Å²) in [7, 11) is 0. The first-order valence-electron chi connectivity index (χ1n) is 15.9. The number of aliphatic hydroxyl groups excluding tert-OH is 4. The van der Waals surface area contributed by atoms with Gasteiger partial charge in [0.1, 0.15) is 24.2 Å². The van der Waals surface area contributed by atoms with Gasteiger partial charge in [-0.05, 0) is 19.9 Å². The van der Waals surface area contributed by atoms with Crippen LogP contribution in [0.4, 0.5) is 0 Å². The number of carbonyl (C=O) groups is 2. The number of carboxylic acid groups (broad SMARTS) is 1. The molecule has 0 aliphatic carbocycles. The molecule has 0 aromatic carbocycles. The van der Waals surface area contributed by atoms with Gasteiger partial charge in [0.2, 0.25) is 0 Å². The maximum atomic E-state index is 12.3. The number of carboxylic acids is 1. The lowest BCUT2D eigenvalue weighted by Crippen LogP contribution is -2.61. The molecule has 4 heterocycles. The summed E-state index contributed by atoms with van der Waals surface area (Å²) in [5.74, 6) is -5.45. The van der Waals surface area contributed by atoms with E-state index in [9.17, 15) is 40.2 Å². The molecule has 3 fully saturated rings. The molecule has 3 saturated heterocycles. The number of aliphatic carboxylic acids is 1. The van der Waals surface area contributed by atoms with E-state index in [1.54, 1.807) is 56.4 Å². The Kier molecular flexibility index (Phi) is 13.1. The number of carbonyl (C=O) groups excluding carboxylic acids is 1. The van der Waals surface area contributed by atoms with Gasteiger partial charge in [0.15, 0.2) is 12.1 Å². The first-order chi connectivity index (χ1) is 22.3. The lowest BCUT2D eigenvalue weighted by atomic mass is 9.83. The number of rotatable bonds is 3. The molecule has 4 rings (SSSR count). The van der Waals surface area contributed by atoms with Gasteiger partial charge >= 0.3 is 11.9 Å². The Morgan fingerprint density at radius 2 is 1.64 bits per heavy atom. The average molecular weight is 666 g/mol. The molecule has 0 aromatic heterocycles. The highest BCUT2D eigenvalue weighted by molar-refractivity contribution is 5.82. The summed E-state index contributed by atoms with van der Waals surface area (Å²) in [6.45, 7) is 3.34. The van der Waals surface area contributed by atoms with Crippen molar-refractivity contribution >= 4 is 11.9 Å². The summed E-state index contributed by atoms with van der Waals surface area (Å²) >= 11 is 0. The smallest absolute Gasteiger partial charge is 0.330 e. The molecule has 2 bridgehead atoms. The van der Waals surface area contributed by atoms with E-state index in [0.29, 0.717) is 6.42 Å². The van der Waals surface area contributed by atoms with E-state index in [1.165, 1.54) is 12.2 Å². The summed E-state index contributed by atoms with van der Waals surface area (Å²) in [5, 5.41) is 63.9. The maximum absolute atomic E-state index is 12.3. The molecule has 4 aliphatic rings. The number of fused-ring (bicyclic) bond motifs is 3. The summed E-state index contributed by atoms with van der Waals surface area (Å²) in [4.78, 5) is 24.4. The summed E-state index contributed by atoms with van der Waals surface area (Å²) < 4.78 is 28.5. The molecule has 0 saturated carbocycles. The molecule has 8 N–H and O–H groups in total. The minimum atomic E-state index is -2.10. The van der Waals surface area contributed by atoms with Crippen molar-refractivity contribution in [1.82, 2.24) is 0 Å². The van der Waals surface area contributed by atoms with Gasteiger partial charge in [-0.15, -0.1) is 0 Å². The van der Waals surface area contributed by atoms with Crippen LogP contribution in [0.25, 0.3) is 0 Å². The molecule has 0 amide bonds. The van der Waals surface area contributed by atoms with Gasteiger partial charge in [0.05, 0.1) is 48.8 Å². The minimum absolute atomic E-state index is 0.0789. The first kappa shape index (κ1) is 37.1. The fraction of sp³-hybridized carbons (Fsp3) is 0.636. The van der Waals surface area contributed by atoms with E-state index in [1.807, 2.05) is 6.08 Å². The molecule has 14 atom stereocenters. The molecular weight excluding hydrogens is 618 g/mol. The summed E-state index contributed by atoms with van der Waals surface area (Å²) in [6, 6.07) is -1.08. The molecule has 262 valence electrons. The minimum Gasteiger partial charge on any atom is -0.481 e. The Hall–Kier alpha value is -2.76. The van der Waals surface area contributed by atoms with Crippen LogP contribution >= 0.6 is 0 Å². The van der Waals surface area contributed by atoms with Crippen LogP contribution in [0.3, 0.4) is 0 Å². The Bertz CT molecular complexity index is 1220. The number of nitrogens with two attached hydrogens (primary N) is 1. The van der Waals surface area contributed by atoms with Gasteiger partial charge < -0.3 is 60.1 Å². The fourth-order valence-electron chi connectivity index (χ4n) is 6.00. The van der Waals surface area contributed by atoms with Crippen molar-refractivity contribution in [3.8, 4) is 0 Å².